The first-order chi connectivity index (χ1) is 15.8. The van der Waals surface area contributed by atoms with E-state index in [1.54, 1.807) is 31.5 Å². The molecule has 0 aliphatic carbocycles. The molecule has 0 radical (unpaired) electrons. The third kappa shape index (κ3) is 4.09. The SMILES string of the molecule is COc1ccc2nc(S(=O)Cc3ncc(C)c(OC)c3C)n(S(=O)(=O)c3cccnc3)c2c1. The minimum absolute atomic E-state index is 0.0362. The van der Waals surface area contributed by atoms with E-state index in [2.05, 4.69) is 15.0 Å². The van der Waals surface area contributed by atoms with Crippen molar-refractivity contribution in [2.75, 3.05) is 14.2 Å². The van der Waals surface area contributed by atoms with Gasteiger partial charge >= 0.3 is 0 Å². The second-order valence-corrected chi connectivity index (χ2v) is 10.4. The lowest BCUT2D eigenvalue weighted by atomic mass is 10.1. The van der Waals surface area contributed by atoms with Gasteiger partial charge in [0.15, 0.2) is 0 Å². The summed E-state index contributed by atoms with van der Waals surface area (Å²) in [6.07, 6.45) is 4.36. The Hall–Kier alpha value is -3.31. The molecule has 1 atom stereocenters. The van der Waals surface area contributed by atoms with Crippen LogP contribution in [0.25, 0.3) is 11.0 Å². The van der Waals surface area contributed by atoms with Crippen molar-refractivity contribution in [3.63, 3.8) is 0 Å². The molecule has 3 aromatic heterocycles. The van der Waals surface area contributed by atoms with Gasteiger partial charge in [0.25, 0.3) is 10.0 Å². The highest BCUT2D eigenvalue weighted by Gasteiger charge is 2.28. The van der Waals surface area contributed by atoms with E-state index in [1.165, 1.54) is 31.6 Å². The Labute approximate surface area is 193 Å². The second kappa shape index (κ2) is 8.91. The molecule has 4 rings (SSSR count). The predicted octanol–water partition coefficient (Wildman–Crippen LogP) is 3.01. The fraction of sp³-hybridized carbons (Fsp3) is 0.227. The molecule has 0 aliphatic rings. The van der Waals surface area contributed by atoms with Crippen molar-refractivity contribution in [2.24, 2.45) is 0 Å². The maximum absolute atomic E-state index is 13.6. The first-order valence-corrected chi connectivity index (χ1v) is 12.6. The summed E-state index contributed by atoms with van der Waals surface area (Å²) in [5, 5.41) is -0.108. The number of nitrogens with zero attached hydrogens (tertiary/aromatic N) is 4. The van der Waals surface area contributed by atoms with Gasteiger partial charge in [-0.2, -0.15) is 0 Å². The van der Waals surface area contributed by atoms with E-state index in [0.29, 0.717) is 22.7 Å². The number of hydrogen-bond donors (Lipinski definition) is 0. The summed E-state index contributed by atoms with van der Waals surface area (Å²) in [5.41, 5.74) is 2.75. The summed E-state index contributed by atoms with van der Waals surface area (Å²) in [6, 6.07) is 7.80. The van der Waals surface area contributed by atoms with E-state index in [0.717, 1.165) is 15.1 Å². The molecule has 0 bridgehead atoms. The summed E-state index contributed by atoms with van der Waals surface area (Å²) in [6.45, 7) is 3.69. The maximum Gasteiger partial charge on any atom is 0.271 e. The Balaban J connectivity index is 1.90. The quantitative estimate of drug-likeness (QED) is 0.392. The molecule has 3 heterocycles. The van der Waals surface area contributed by atoms with Gasteiger partial charge in [-0.15, -0.1) is 0 Å². The third-order valence-corrected chi connectivity index (χ3v) is 8.20. The number of methoxy groups -OCH3 is 2. The number of hydrogen-bond acceptors (Lipinski definition) is 8. The Kier molecular flexibility index (Phi) is 6.17. The molecule has 0 fully saturated rings. The molecule has 9 nitrogen and oxygen atoms in total. The molecule has 0 saturated heterocycles. The summed E-state index contributed by atoms with van der Waals surface area (Å²) < 4.78 is 52.4. The lowest BCUT2D eigenvalue weighted by Crippen LogP contribution is -2.18. The highest BCUT2D eigenvalue weighted by atomic mass is 32.2. The smallest absolute Gasteiger partial charge is 0.271 e. The lowest BCUT2D eigenvalue weighted by molar-refractivity contribution is 0.407. The van der Waals surface area contributed by atoms with Crippen LogP contribution in [0.3, 0.4) is 0 Å². The van der Waals surface area contributed by atoms with Crippen LogP contribution in [0.15, 0.2) is 59.0 Å². The van der Waals surface area contributed by atoms with Crippen molar-refractivity contribution in [1.82, 2.24) is 18.9 Å². The highest BCUT2D eigenvalue weighted by molar-refractivity contribution is 7.91. The van der Waals surface area contributed by atoms with Crippen LogP contribution in [-0.2, 0) is 26.6 Å². The average Bonchev–Trinajstić information content (AvgIpc) is 3.21. The minimum Gasteiger partial charge on any atom is -0.497 e. The van der Waals surface area contributed by atoms with Crippen LogP contribution in [0, 0.1) is 13.8 Å². The molecule has 0 spiro atoms. The number of benzene rings is 1. The monoisotopic (exact) mass is 486 g/mol. The molecule has 0 aliphatic heterocycles. The van der Waals surface area contributed by atoms with Gasteiger partial charge < -0.3 is 9.47 Å². The number of fused-ring (bicyclic) bond motifs is 1. The van der Waals surface area contributed by atoms with Crippen molar-refractivity contribution in [2.45, 2.75) is 29.7 Å². The van der Waals surface area contributed by atoms with Crippen LogP contribution in [0.1, 0.15) is 16.8 Å². The average molecular weight is 487 g/mol. The van der Waals surface area contributed by atoms with Gasteiger partial charge in [-0.25, -0.2) is 17.4 Å². The van der Waals surface area contributed by atoms with Crippen molar-refractivity contribution in [3.05, 3.63) is 65.7 Å². The number of ether oxygens (including phenoxy) is 2. The number of rotatable bonds is 7. The summed E-state index contributed by atoms with van der Waals surface area (Å²) in [7, 11) is -2.95. The number of imidazole rings is 1. The molecular formula is C22H22N4O5S2. The molecular weight excluding hydrogens is 464 g/mol. The van der Waals surface area contributed by atoms with Gasteiger partial charge in [0.2, 0.25) is 5.16 Å². The molecule has 11 heteroatoms. The molecule has 172 valence electrons. The Morgan fingerprint density at radius 1 is 1.09 bits per heavy atom. The fourth-order valence-corrected chi connectivity index (χ4v) is 6.53. The van der Waals surface area contributed by atoms with Gasteiger partial charge in [0.05, 0.1) is 47.5 Å². The summed E-state index contributed by atoms with van der Waals surface area (Å²) in [5.74, 6) is 1.06. The summed E-state index contributed by atoms with van der Waals surface area (Å²) >= 11 is 0. The largest absolute Gasteiger partial charge is 0.497 e. The number of pyridine rings is 2. The van der Waals surface area contributed by atoms with E-state index in [4.69, 9.17) is 9.47 Å². The molecule has 0 N–H and O–H groups in total. The Morgan fingerprint density at radius 3 is 2.55 bits per heavy atom. The third-order valence-electron chi connectivity index (χ3n) is 5.19. The normalized spacial score (nSPS) is 12.6. The van der Waals surface area contributed by atoms with E-state index >= 15 is 0 Å². The number of aromatic nitrogens is 4. The molecule has 0 amide bonds. The molecule has 1 aromatic carbocycles. The zero-order valence-corrected chi connectivity index (χ0v) is 20.1. The first kappa shape index (κ1) is 22.9. The lowest BCUT2D eigenvalue weighted by Gasteiger charge is -2.13. The first-order valence-electron chi connectivity index (χ1n) is 9.87. The Bertz CT molecular complexity index is 1470. The van der Waals surface area contributed by atoms with Gasteiger partial charge in [-0.05, 0) is 38.1 Å². The van der Waals surface area contributed by atoms with Crippen LogP contribution >= 0.6 is 0 Å². The van der Waals surface area contributed by atoms with Crippen LogP contribution in [0.4, 0.5) is 0 Å². The van der Waals surface area contributed by atoms with Gasteiger partial charge in [-0.1, -0.05) is 0 Å². The van der Waals surface area contributed by atoms with Gasteiger partial charge in [-0.3, -0.25) is 14.2 Å². The van der Waals surface area contributed by atoms with Crippen molar-refractivity contribution in [1.29, 1.82) is 0 Å². The van der Waals surface area contributed by atoms with E-state index in [9.17, 15) is 12.6 Å². The standard InChI is InChI=1S/C22H22N4O5S2/c1-14-11-24-19(15(2)21(14)31-4)13-32(27)22-25-18-8-7-16(30-3)10-20(18)26(22)33(28,29)17-6-5-9-23-12-17/h5-12H,13H2,1-4H3. The van der Waals surface area contributed by atoms with Crippen molar-refractivity contribution in [3.8, 4) is 11.5 Å². The predicted molar refractivity (Wildman–Crippen MR) is 123 cm³/mol. The zero-order chi connectivity index (χ0) is 23.8. The van der Waals surface area contributed by atoms with Crippen LogP contribution in [-0.4, -0.2) is 45.8 Å². The topological polar surface area (TPSA) is 113 Å². The molecule has 1 unspecified atom stereocenters. The van der Waals surface area contributed by atoms with Crippen molar-refractivity contribution < 1.29 is 22.1 Å². The van der Waals surface area contributed by atoms with E-state index in [1.807, 2.05) is 13.8 Å². The molecule has 0 saturated carbocycles. The van der Waals surface area contributed by atoms with Crippen LogP contribution in [0.2, 0.25) is 0 Å². The Morgan fingerprint density at radius 2 is 1.88 bits per heavy atom. The van der Waals surface area contributed by atoms with Gasteiger partial charge in [0, 0.05) is 35.8 Å². The van der Waals surface area contributed by atoms with Gasteiger partial charge in [0.1, 0.15) is 16.4 Å². The number of aryl methyl sites for hydroxylation is 1. The second-order valence-electron chi connectivity index (χ2n) is 7.24. The van der Waals surface area contributed by atoms with Crippen molar-refractivity contribution >= 4 is 31.9 Å². The van der Waals surface area contributed by atoms with Crippen LogP contribution in [0.5, 0.6) is 11.5 Å². The zero-order valence-electron chi connectivity index (χ0n) is 18.5. The fourth-order valence-electron chi connectivity index (χ4n) is 3.53. The molecule has 4 aromatic rings. The minimum atomic E-state index is -4.15. The highest BCUT2D eigenvalue weighted by Crippen LogP contribution is 2.30. The maximum atomic E-state index is 13.6. The molecule has 33 heavy (non-hydrogen) atoms. The van der Waals surface area contributed by atoms with E-state index in [-0.39, 0.29) is 21.3 Å². The van der Waals surface area contributed by atoms with Crippen LogP contribution < -0.4 is 9.47 Å². The summed E-state index contributed by atoms with van der Waals surface area (Å²) in [4.78, 5) is 12.7. The van der Waals surface area contributed by atoms with E-state index < -0.39 is 20.8 Å².